The van der Waals surface area contributed by atoms with E-state index in [-0.39, 0.29) is 23.8 Å². The molecule has 2 heterocycles. The lowest BCUT2D eigenvalue weighted by Gasteiger charge is -2.34. The van der Waals surface area contributed by atoms with Crippen molar-refractivity contribution in [1.82, 2.24) is 15.0 Å². The maximum atomic E-state index is 10.9. The van der Waals surface area contributed by atoms with E-state index in [2.05, 4.69) is 15.0 Å². The van der Waals surface area contributed by atoms with E-state index in [1.807, 2.05) is 4.90 Å². The Bertz CT molecular complexity index is 476. The fourth-order valence-corrected chi connectivity index (χ4v) is 3.04. The Morgan fingerprint density at radius 1 is 1.58 bits per heavy atom. The summed E-state index contributed by atoms with van der Waals surface area (Å²) >= 11 is 7.53. The number of hydrogen-bond donors (Lipinski definition) is 1. The largest absolute Gasteiger partial charge is 0.481 e. The standard InChI is InChI=1S/C10H13ClN4O3S/c1-18-10-13-8(11)12-9(14-10)15-2-3-19-5-6(15)4-7(16)17/h6H,2-5H2,1H3,(H,16,17). The normalized spacial score (nSPS) is 19.3. The second-order valence-corrected chi connectivity index (χ2v) is 5.40. The van der Waals surface area contributed by atoms with Crippen molar-refractivity contribution in [2.24, 2.45) is 0 Å². The Balaban J connectivity index is 2.26. The fourth-order valence-electron chi connectivity index (χ4n) is 1.83. The van der Waals surface area contributed by atoms with Crippen LogP contribution in [-0.2, 0) is 4.79 Å². The van der Waals surface area contributed by atoms with E-state index >= 15 is 0 Å². The number of aliphatic carboxylic acids is 1. The molecule has 19 heavy (non-hydrogen) atoms. The molecule has 0 saturated carbocycles. The lowest BCUT2D eigenvalue weighted by molar-refractivity contribution is -0.137. The van der Waals surface area contributed by atoms with Crippen molar-refractivity contribution in [3.05, 3.63) is 5.28 Å². The van der Waals surface area contributed by atoms with Crippen molar-refractivity contribution in [3.8, 4) is 6.01 Å². The molecule has 1 N–H and O–H groups in total. The molecule has 1 fully saturated rings. The van der Waals surface area contributed by atoms with E-state index in [4.69, 9.17) is 21.4 Å². The van der Waals surface area contributed by atoms with Crippen molar-refractivity contribution in [3.63, 3.8) is 0 Å². The number of carboxylic acids is 1. The van der Waals surface area contributed by atoms with Gasteiger partial charge in [-0.2, -0.15) is 26.7 Å². The van der Waals surface area contributed by atoms with Gasteiger partial charge in [0.1, 0.15) is 0 Å². The van der Waals surface area contributed by atoms with Crippen LogP contribution in [0.3, 0.4) is 0 Å². The fraction of sp³-hybridized carbons (Fsp3) is 0.600. The number of nitrogens with zero attached hydrogens (tertiary/aromatic N) is 4. The van der Waals surface area contributed by atoms with Gasteiger partial charge in [-0.15, -0.1) is 0 Å². The molecule has 104 valence electrons. The summed E-state index contributed by atoms with van der Waals surface area (Å²) in [5.74, 6) is 1.13. The number of methoxy groups -OCH3 is 1. The number of hydrogen-bond acceptors (Lipinski definition) is 7. The number of ether oxygens (including phenoxy) is 1. The molecule has 0 radical (unpaired) electrons. The first-order valence-electron chi connectivity index (χ1n) is 5.62. The number of aromatic nitrogens is 3. The van der Waals surface area contributed by atoms with Crippen LogP contribution in [0.2, 0.25) is 5.28 Å². The zero-order chi connectivity index (χ0) is 13.8. The third kappa shape index (κ3) is 3.60. The minimum atomic E-state index is -0.843. The summed E-state index contributed by atoms with van der Waals surface area (Å²) in [6.07, 6.45) is 0.0403. The smallest absolute Gasteiger partial charge is 0.322 e. The molecule has 1 saturated heterocycles. The molecule has 0 aromatic carbocycles. The minimum absolute atomic E-state index is 0.0363. The molecule has 1 aromatic heterocycles. The minimum Gasteiger partial charge on any atom is -0.481 e. The first-order valence-corrected chi connectivity index (χ1v) is 7.15. The predicted octanol–water partition coefficient (Wildman–Crippen LogP) is 0.930. The maximum Gasteiger partial charge on any atom is 0.322 e. The zero-order valence-corrected chi connectivity index (χ0v) is 11.8. The molecule has 1 aliphatic rings. The first-order chi connectivity index (χ1) is 9.10. The van der Waals surface area contributed by atoms with Gasteiger partial charge in [-0.3, -0.25) is 4.79 Å². The molecular formula is C10H13ClN4O3S. The van der Waals surface area contributed by atoms with E-state index in [0.717, 1.165) is 11.5 Å². The van der Waals surface area contributed by atoms with Crippen molar-refractivity contribution < 1.29 is 14.6 Å². The molecule has 1 aliphatic heterocycles. The topological polar surface area (TPSA) is 88.4 Å². The van der Waals surface area contributed by atoms with Gasteiger partial charge in [0.25, 0.3) is 0 Å². The van der Waals surface area contributed by atoms with E-state index in [9.17, 15) is 4.79 Å². The SMILES string of the molecule is COc1nc(Cl)nc(N2CCSCC2CC(=O)O)n1. The molecule has 2 rings (SSSR count). The van der Waals surface area contributed by atoms with E-state index in [1.54, 1.807) is 11.8 Å². The molecule has 0 bridgehead atoms. The summed E-state index contributed by atoms with van der Waals surface area (Å²) in [5, 5.41) is 8.98. The molecule has 0 amide bonds. The van der Waals surface area contributed by atoms with Gasteiger partial charge in [0, 0.05) is 18.1 Å². The Morgan fingerprint density at radius 3 is 3.05 bits per heavy atom. The van der Waals surface area contributed by atoms with Gasteiger partial charge in [0.15, 0.2) is 0 Å². The van der Waals surface area contributed by atoms with Crippen LogP contribution < -0.4 is 9.64 Å². The monoisotopic (exact) mass is 304 g/mol. The van der Waals surface area contributed by atoms with Gasteiger partial charge >= 0.3 is 12.0 Å². The maximum absolute atomic E-state index is 10.9. The average molecular weight is 305 g/mol. The third-order valence-electron chi connectivity index (χ3n) is 2.65. The van der Waals surface area contributed by atoms with Crippen LogP contribution in [0.4, 0.5) is 5.95 Å². The van der Waals surface area contributed by atoms with Gasteiger partial charge in [-0.25, -0.2) is 0 Å². The summed E-state index contributed by atoms with van der Waals surface area (Å²) < 4.78 is 4.95. The van der Waals surface area contributed by atoms with Gasteiger partial charge < -0.3 is 14.7 Å². The first kappa shape index (κ1) is 14.1. The van der Waals surface area contributed by atoms with Crippen LogP contribution in [0.1, 0.15) is 6.42 Å². The quantitative estimate of drug-likeness (QED) is 0.879. The van der Waals surface area contributed by atoms with Gasteiger partial charge in [-0.1, -0.05) is 0 Å². The lowest BCUT2D eigenvalue weighted by Crippen LogP contribution is -2.44. The Hall–Kier alpha value is -1.28. The van der Waals surface area contributed by atoms with Crippen LogP contribution in [0, 0.1) is 0 Å². The molecular weight excluding hydrogens is 292 g/mol. The highest BCUT2D eigenvalue weighted by atomic mass is 35.5. The molecule has 1 atom stereocenters. The van der Waals surface area contributed by atoms with Crippen molar-refractivity contribution in [2.45, 2.75) is 12.5 Å². The van der Waals surface area contributed by atoms with Gasteiger partial charge in [0.05, 0.1) is 19.6 Å². The number of thioether (sulfide) groups is 1. The highest BCUT2D eigenvalue weighted by Gasteiger charge is 2.27. The third-order valence-corrected chi connectivity index (χ3v) is 3.91. The number of carboxylic acid groups (broad SMARTS) is 1. The average Bonchev–Trinajstić information content (AvgIpc) is 2.38. The number of carbonyl (C=O) groups is 1. The van der Waals surface area contributed by atoms with Gasteiger partial charge in [0.2, 0.25) is 11.2 Å². The van der Waals surface area contributed by atoms with E-state index in [0.29, 0.717) is 12.5 Å². The van der Waals surface area contributed by atoms with Crippen LogP contribution in [0.5, 0.6) is 6.01 Å². The second-order valence-electron chi connectivity index (χ2n) is 3.91. The highest BCUT2D eigenvalue weighted by Crippen LogP contribution is 2.24. The Kier molecular flexibility index (Phi) is 4.65. The van der Waals surface area contributed by atoms with E-state index in [1.165, 1.54) is 7.11 Å². The molecule has 9 heteroatoms. The number of rotatable bonds is 4. The molecule has 7 nitrogen and oxygen atoms in total. The van der Waals surface area contributed by atoms with Crippen LogP contribution in [0.25, 0.3) is 0 Å². The molecule has 1 aromatic rings. The molecule has 0 spiro atoms. The Labute approximate surface area is 119 Å². The summed E-state index contributed by atoms with van der Waals surface area (Å²) in [6, 6.07) is -0.0262. The number of halogens is 1. The van der Waals surface area contributed by atoms with Crippen LogP contribution in [-0.4, -0.2) is 57.2 Å². The summed E-state index contributed by atoms with van der Waals surface area (Å²) in [6.45, 7) is 0.673. The Morgan fingerprint density at radius 2 is 2.37 bits per heavy atom. The zero-order valence-electron chi connectivity index (χ0n) is 10.2. The lowest BCUT2D eigenvalue weighted by atomic mass is 10.2. The predicted molar refractivity (Wildman–Crippen MR) is 72.1 cm³/mol. The summed E-state index contributed by atoms with van der Waals surface area (Å²) in [5.41, 5.74) is 0. The van der Waals surface area contributed by atoms with E-state index < -0.39 is 5.97 Å². The molecule has 0 aliphatic carbocycles. The van der Waals surface area contributed by atoms with Crippen molar-refractivity contribution in [2.75, 3.05) is 30.1 Å². The van der Waals surface area contributed by atoms with Crippen molar-refractivity contribution >= 4 is 35.3 Å². The highest BCUT2D eigenvalue weighted by molar-refractivity contribution is 7.99. The molecule has 1 unspecified atom stereocenters. The summed E-state index contributed by atoms with van der Waals surface area (Å²) in [4.78, 5) is 24.7. The van der Waals surface area contributed by atoms with Crippen LogP contribution in [0.15, 0.2) is 0 Å². The second kappa shape index (κ2) is 6.25. The summed E-state index contributed by atoms with van der Waals surface area (Å²) in [7, 11) is 1.44. The number of anilines is 1. The van der Waals surface area contributed by atoms with Crippen LogP contribution >= 0.6 is 23.4 Å². The van der Waals surface area contributed by atoms with Crippen molar-refractivity contribution in [1.29, 1.82) is 0 Å². The van der Waals surface area contributed by atoms with Gasteiger partial charge in [-0.05, 0) is 11.6 Å².